The first-order valence-corrected chi connectivity index (χ1v) is 28.1. The van der Waals surface area contributed by atoms with Gasteiger partial charge in [-0.1, -0.05) is 42.5 Å². The summed E-state index contributed by atoms with van der Waals surface area (Å²) in [7, 11) is 0. The number of benzene rings is 3. The van der Waals surface area contributed by atoms with Crippen molar-refractivity contribution in [2.75, 3.05) is 32.7 Å². The number of fused-ring (bicyclic) bond motifs is 1. The molecule has 472 valence electrons. The Morgan fingerprint density at radius 1 is 0.506 bits per heavy atom. The lowest BCUT2D eigenvalue weighted by Gasteiger charge is -2.28. The number of hydrogen-bond acceptors (Lipinski definition) is 15. The summed E-state index contributed by atoms with van der Waals surface area (Å²) < 4.78 is 0. The van der Waals surface area contributed by atoms with E-state index in [4.69, 9.17) is 40.1 Å². The first-order chi connectivity index (χ1) is 41.5. The van der Waals surface area contributed by atoms with Crippen LogP contribution in [0, 0.1) is 0 Å². The van der Waals surface area contributed by atoms with Gasteiger partial charge in [-0.3, -0.25) is 58.7 Å². The number of para-hydroxylation sites is 1. The van der Waals surface area contributed by atoms with Crippen LogP contribution in [-0.2, 0) is 57.6 Å². The van der Waals surface area contributed by atoms with E-state index in [2.05, 4.69) is 62.5 Å². The van der Waals surface area contributed by atoms with E-state index in [9.17, 15) is 53.7 Å². The van der Waals surface area contributed by atoms with Gasteiger partial charge in [-0.05, 0) is 105 Å². The lowest BCUT2D eigenvalue weighted by atomic mass is 10.0. The smallest absolute Gasteiger partial charge is 0.321 e. The number of unbranched alkanes of at least 4 members (excludes halogenated alkanes) is 1. The van der Waals surface area contributed by atoms with Crippen molar-refractivity contribution in [2.24, 2.45) is 55.1 Å². The van der Waals surface area contributed by atoms with Crippen LogP contribution in [0.3, 0.4) is 0 Å². The molecule has 4 rings (SSSR count). The Bertz CT molecular complexity index is 3040. The van der Waals surface area contributed by atoms with Crippen LogP contribution in [0.25, 0.3) is 10.9 Å². The summed E-state index contributed by atoms with van der Waals surface area (Å²) in [5, 5.41) is 50.8. The number of urea groups is 1. The number of aromatic amines is 1. The summed E-state index contributed by atoms with van der Waals surface area (Å²) in [5.41, 5.74) is 41.6. The Morgan fingerprint density at radius 3 is 1.45 bits per heavy atom. The number of primary amides is 1. The number of aliphatic imine (C=N–C) groups is 3. The third-order valence-corrected chi connectivity index (χ3v) is 13.2. The lowest BCUT2D eigenvalue weighted by Crippen LogP contribution is -2.60. The van der Waals surface area contributed by atoms with Crippen molar-refractivity contribution >= 4 is 82.1 Å². The number of hydrogen-bond donors (Lipinski definition) is 19. The zero-order chi connectivity index (χ0) is 63.8. The van der Waals surface area contributed by atoms with Gasteiger partial charge in [0.05, 0.1) is 6.42 Å². The molecule has 31 nitrogen and oxygen atoms in total. The van der Waals surface area contributed by atoms with Crippen molar-refractivity contribution < 1.29 is 58.5 Å². The molecule has 4 aromatic rings. The SMILES string of the molecule is NCCCCNC(=O)NC(N)=NCCC[C@H](NC(=O)[C@H](Cc1ccc(O)cc1)NC(=O)[C@H](CCCN=C(N)N)NC(=O)CCC(=O)O)C(=O)N[C@@H](Cc1c[nH]c2ccccc12)C(=O)N[C@@H](CCCN=C(N)N)C(=O)N[C@@H](Cc1ccc(O)cc1)C(N)=O. The number of amides is 9. The second-order valence-electron chi connectivity index (χ2n) is 20.2. The second-order valence-corrected chi connectivity index (χ2v) is 20.2. The van der Waals surface area contributed by atoms with Crippen LogP contribution >= 0.6 is 0 Å². The Morgan fingerprint density at radius 2 is 0.954 bits per heavy atom. The van der Waals surface area contributed by atoms with Gasteiger partial charge in [0.25, 0.3) is 0 Å². The van der Waals surface area contributed by atoms with E-state index in [0.717, 1.165) is 0 Å². The maximum absolute atomic E-state index is 15.0. The summed E-state index contributed by atoms with van der Waals surface area (Å²) in [4.78, 5) is 138. The van der Waals surface area contributed by atoms with Crippen molar-refractivity contribution in [3.8, 4) is 11.5 Å². The molecule has 26 N–H and O–H groups in total. The Labute approximate surface area is 501 Å². The molecule has 0 saturated heterocycles. The monoisotopic (exact) mass is 1210 g/mol. The molecule has 9 amide bonds. The number of H-pyrrole nitrogens is 1. The van der Waals surface area contributed by atoms with E-state index in [1.54, 1.807) is 30.5 Å². The molecular weight excluding hydrogens is 1130 g/mol. The fraction of sp³-hybridized carbons (Fsp3) is 0.429. The molecule has 0 saturated carbocycles. The summed E-state index contributed by atoms with van der Waals surface area (Å²) in [5.74, 6) is -8.37. The minimum atomic E-state index is -1.55. The maximum Gasteiger partial charge on any atom is 0.321 e. The molecule has 87 heavy (non-hydrogen) atoms. The highest BCUT2D eigenvalue weighted by molar-refractivity contribution is 5.98. The summed E-state index contributed by atoms with van der Waals surface area (Å²) in [6.45, 7) is 0.683. The van der Waals surface area contributed by atoms with Crippen molar-refractivity contribution in [3.63, 3.8) is 0 Å². The number of guanidine groups is 3. The van der Waals surface area contributed by atoms with Crippen LogP contribution in [0.5, 0.6) is 11.5 Å². The van der Waals surface area contributed by atoms with Crippen LogP contribution in [0.15, 0.2) is 94.0 Å². The maximum atomic E-state index is 15.0. The number of rotatable bonds is 37. The number of nitrogens with two attached hydrogens (primary N) is 7. The highest BCUT2D eigenvalue weighted by atomic mass is 16.4. The van der Waals surface area contributed by atoms with Gasteiger partial charge >= 0.3 is 12.0 Å². The molecule has 31 heteroatoms. The second kappa shape index (κ2) is 36.5. The molecule has 0 aliphatic heterocycles. The number of phenolic OH excluding ortho intramolecular Hbond substituents is 2. The molecule has 6 atom stereocenters. The van der Waals surface area contributed by atoms with E-state index in [-0.39, 0.29) is 107 Å². The van der Waals surface area contributed by atoms with Crippen molar-refractivity contribution in [1.29, 1.82) is 0 Å². The van der Waals surface area contributed by atoms with E-state index >= 15 is 4.79 Å². The van der Waals surface area contributed by atoms with Gasteiger partial charge < -0.3 is 97.7 Å². The van der Waals surface area contributed by atoms with Gasteiger partial charge in [0.1, 0.15) is 47.8 Å². The number of nitrogens with one attached hydrogen (secondary N) is 9. The number of carboxylic acids is 1. The van der Waals surface area contributed by atoms with Crippen LogP contribution in [0.4, 0.5) is 4.79 Å². The number of phenols is 2. The first kappa shape index (κ1) is 69.3. The zero-order valence-corrected chi connectivity index (χ0v) is 48.1. The number of nitrogens with zero attached hydrogens (tertiary/aromatic N) is 3. The lowest BCUT2D eigenvalue weighted by molar-refractivity contribution is -0.139. The number of carbonyl (C=O) groups is 9. The van der Waals surface area contributed by atoms with Crippen molar-refractivity contribution in [1.82, 2.24) is 47.5 Å². The zero-order valence-electron chi connectivity index (χ0n) is 48.1. The van der Waals surface area contributed by atoms with Crippen LogP contribution in [-0.4, -0.2) is 161 Å². The van der Waals surface area contributed by atoms with E-state index in [1.165, 1.54) is 48.5 Å². The minimum absolute atomic E-state index is 0.00335. The van der Waals surface area contributed by atoms with Crippen LogP contribution in [0.2, 0.25) is 0 Å². The largest absolute Gasteiger partial charge is 0.508 e. The van der Waals surface area contributed by atoms with Gasteiger partial charge in [0.2, 0.25) is 41.4 Å². The fourth-order valence-corrected chi connectivity index (χ4v) is 8.73. The molecule has 0 aliphatic rings. The number of aliphatic carboxylic acids is 1. The number of carbonyl (C=O) groups excluding carboxylic acids is 8. The predicted octanol–water partition coefficient (Wildman–Crippen LogP) is -2.89. The summed E-state index contributed by atoms with van der Waals surface area (Å²) >= 11 is 0. The highest BCUT2D eigenvalue weighted by Gasteiger charge is 2.34. The molecule has 3 aromatic carbocycles. The normalized spacial score (nSPS) is 13.2. The van der Waals surface area contributed by atoms with Gasteiger partial charge in [-0.25, -0.2) is 4.79 Å². The minimum Gasteiger partial charge on any atom is -0.508 e. The molecule has 0 spiro atoms. The van der Waals surface area contributed by atoms with Crippen molar-refractivity contribution in [3.05, 3.63) is 95.7 Å². The standard InChI is InChI=1S/C56H81N19O12/c57-23-3-4-24-67-56(87)75-55(63)66-27-7-12-41(70-51(85)43(29-33-15-19-36(77)20-16-33)73-48(82)39(10-5-25-64-53(59)60)69-45(78)21-22-46(79)80)50(84)74-44(30-34-31-68-38-9-2-1-8-37(34)38)52(86)71-40(11-6-26-65-54(61)62)49(83)72-42(47(58)81)28-32-13-17-35(76)18-14-32/h1-2,8-9,13-20,31,39-44,68,76-77H,3-7,10-12,21-30,57H2,(H2,58,81)(H,69,78)(H,70,85)(H,71,86)(H,72,83)(H,73,82)(H,74,84)(H,79,80)(H4,59,60,64)(H4,61,62,65)(H4,63,66,67,75,87)/t39-,40-,41-,42-,43-,44-/m0/s1. The molecular formula is C56H81N19O12. The molecule has 0 bridgehead atoms. The van der Waals surface area contributed by atoms with Gasteiger partial charge in [0.15, 0.2) is 17.9 Å². The number of aromatic nitrogens is 1. The first-order valence-electron chi connectivity index (χ1n) is 28.1. The van der Waals surface area contributed by atoms with Crippen LogP contribution in [0.1, 0.15) is 80.9 Å². The number of carboxylic acid groups (broad SMARTS) is 1. The van der Waals surface area contributed by atoms with E-state index < -0.39 is 102 Å². The van der Waals surface area contributed by atoms with Crippen LogP contribution < -0.4 is 82.7 Å². The topological polar surface area (TPSA) is 546 Å². The fourth-order valence-electron chi connectivity index (χ4n) is 8.73. The average molecular weight is 1210 g/mol. The molecule has 0 unspecified atom stereocenters. The van der Waals surface area contributed by atoms with Crippen molar-refractivity contribution in [2.45, 2.75) is 120 Å². The van der Waals surface area contributed by atoms with E-state index in [0.29, 0.717) is 53.5 Å². The van der Waals surface area contributed by atoms with E-state index in [1.807, 2.05) is 0 Å². The van der Waals surface area contributed by atoms with Gasteiger partial charge in [0, 0.05) is 69.0 Å². The Balaban J connectivity index is 1.75. The van der Waals surface area contributed by atoms with Gasteiger partial charge in [-0.15, -0.1) is 0 Å². The predicted molar refractivity (Wildman–Crippen MR) is 324 cm³/mol. The molecule has 0 aliphatic carbocycles. The van der Waals surface area contributed by atoms with Gasteiger partial charge in [-0.2, -0.15) is 0 Å². The quantitative estimate of drug-likeness (QED) is 0.0122. The molecule has 1 aromatic heterocycles. The Kier molecular flexibility index (Phi) is 29.1. The Hall–Kier alpha value is -10.2. The third kappa shape index (κ3) is 26.1. The molecule has 1 heterocycles. The average Bonchev–Trinajstić information content (AvgIpc) is 2.14. The molecule has 0 fully saturated rings. The highest BCUT2D eigenvalue weighted by Crippen LogP contribution is 2.20. The summed E-state index contributed by atoms with van der Waals surface area (Å²) in [6.07, 6.45) is 1.18. The molecule has 0 radical (unpaired) electrons. The number of aromatic hydroxyl groups is 2. The summed E-state index contributed by atoms with van der Waals surface area (Å²) in [6, 6.07) is 9.32. The third-order valence-electron chi connectivity index (χ3n) is 13.2.